The third kappa shape index (κ3) is 5.01. The molecule has 0 fully saturated rings. The highest BCUT2D eigenvalue weighted by molar-refractivity contribution is 6.07. The van der Waals surface area contributed by atoms with Gasteiger partial charge in [0.15, 0.2) is 0 Å². The van der Waals surface area contributed by atoms with Crippen LogP contribution < -0.4 is 4.90 Å². The van der Waals surface area contributed by atoms with Gasteiger partial charge in [0, 0.05) is 61.2 Å². The van der Waals surface area contributed by atoms with Crippen LogP contribution in [0.1, 0.15) is 109 Å². The monoisotopic (exact) mass is 813 g/mol. The third-order valence-corrected chi connectivity index (χ3v) is 10.1. The average Bonchev–Trinajstić information content (AvgIpc) is 1.51. The van der Waals surface area contributed by atoms with E-state index in [1.807, 2.05) is 0 Å². The Kier molecular flexibility index (Phi) is 2.63. The van der Waals surface area contributed by atoms with Crippen LogP contribution in [0.5, 0.6) is 0 Å². The second kappa shape index (κ2) is 12.7. The van der Waals surface area contributed by atoms with Crippen LogP contribution in [0.15, 0.2) is 192 Å². The molecule has 2 aliphatic carbocycles. The van der Waals surface area contributed by atoms with Gasteiger partial charge in [-0.3, -0.25) is 0 Å². The Morgan fingerprint density at radius 1 is 0.400 bits per heavy atom. The molecule has 0 saturated heterocycles. The van der Waals surface area contributed by atoms with Gasteiger partial charge in [0.2, 0.25) is 0 Å². The summed E-state index contributed by atoms with van der Waals surface area (Å²) in [6.45, 7) is -16.4. The minimum absolute atomic E-state index is 0.0788. The normalized spacial score (nSPS) is 25.3. The van der Waals surface area contributed by atoms with E-state index in [9.17, 15) is 23.3 Å². The van der Waals surface area contributed by atoms with Gasteiger partial charge >= 0.3 is 0 Å². The lowest BCUT2D eigenvalue weighted by atomic mass is 9.81. The maximum atomic E-state index is 10.5. The van der Waals surface area contributed by atoms with Crippen molar-refractivity contribution in [3.63, 3.8) is 0 Å². The van der Waals surface area contributed by atoms with Crippen molar-refractivity contribution in [2.75, 3.05) is 4.90 Å². The fraction of sp³-hybridized carbons (Fsp3) is 0.103. The van der Waals surface area contributed by atoms with Gasteiger partial charge in [-0.25, -0.2) is 0 Å². The van der Waals surface area contributed by atoms with Crippen LogP contribution >= 0.6 is 0 Å². The third-order valence-electron chi connectivity index (χ3n) is 10.1. The van der Waals surface area contributed by atoms with Gasteiger partial charge in [-0.1, -0.05) is 160 Å². The Labute approximate surface area is 411 Å². The van der Waals surface area contributed by atoms with Crippen molar-refractivity contribution < 1.29 is 63.4 Å². The first-order valence-corrected chi connectivity index (χ1v) is 17.6. The molecule has 0 saturated carbocycles. The molecule has 1 heterocycles. The molecule has 10 aromatic rings. The number of anilines is 3. The number of nitrogens with zero attached hydrogens (tertiary/aromatic N) is 1. The van der Waals surface area contributed by atoms with Gasteiger partial charge < -0.3 is 9.32 Å². The molecule has 0 atom stereocenters. The molecule has 12 rings (SSSR count). The molecule has 0 aliphatic heterocycles. The first-order valence-electron chi connectivity index (χ1n) is 39.1. The number of rotatable bonds is 5. The van der Waals surface area contributed by atoms with Gasteiger partial charge in [0.25, 0.3) is 0 Å². The molecule has 0 bridgehead atoms. The molecular weight excluding hydrogens is 727 g/mol. The molecule has 0 radical (unpaired) electrons. The van der Waals surface area contributed by atoms with E-state index in [1.54, 1.807) is 0 Å². The van der Waals surface area contributed by atoms with E-state index < -0.39 is 342 Å². The van der Waals surface area contributed by atoms with E-state index >= 15 is 0 Å². The molecule has 1 aromatic heterocycles. The van der Waals surface area contributed by atoms with E-state index in [2.05, 4.69) is 0 Å². The van der Waals surface area contributed by atoms with Crippen molar-refractivity contribution in [2.45, 2.75) is 38.2 Å². The Morgan fingerprint density at radius 3 is 1.85 bits per heavy atom. The zero-order valence-electron chi connectivity index (χ0n) is 72.9. The molecule has 0 unspecified atom stereocenters. The van der Waals surface area contributed by atoms with Crippen LogP contribution in [0, 0.1) is 0 Å². The average molecular weight is 813 g/mol. The summed E-state index contributed by atoms with van der Waals surface area (Å²) in [7, 11) is 0. The number of furan rings is 1. The highest BCUT2D eigenvalue weighted by atomic mass is 16.3. The van der Waals surface area contributed by atoms with Crippen molar-refractivity contribution in [3.8, 4) is 44.5 Å². The Morgan fingerprint density at radius 2 is 1.02 bits per heavy atom. The van der Waals surface area contributed by atoms with Crippen molar-refractivity contribution in [2.24, 2.45) is 0 Å². The molecular formula is C58H43NO. The Hall–Kier alpha value is -7.16. The summed E-state index contributed by atoms with van der Waals surface area (Å²) in [6, 6.07) is -40.8. The molecule has 9 aromatic carbocycles. The zero-order valence-corrected chi connectivity index (χ0v) is 29.9. The fourth-order valence-corrected chi connectivity index (χ4v) is 7.44. The van der Waals surface area contributed by atoms with E-state index in [0.717, 1.165) is 0 Å². The van der Waals surface area contributed by atoms with Crippen LogP contribution in [0.4, 0.5) is 17.1 Å². The zero-order chi connectivity index (χ0) is 77.3. The topological polar surface area (TPSA) is 16.4 Å². The summed E-state index contributed by atoms with van der Waals surface area (Å²) in [5.41, 5.74) is -29.0. The fourth-order valence-electron chi connectivity index (χ4n) is 7.44. The highest BCUT2D eigenvalue weighted by Gasteiger charge is 2.37. The van der Waals surface area contributed by atoms with Crippen molar-refractivity contribution in [3.05, 3.63) is 210 Å². The lowest BCUT2D eigenvalue weighted by molar-refractivity contribution is 0.660. The quantitative estimate of drug-likeness (QED) is 0.172. The summed E-state index contributed by atoms with van der Waals surface area (Å²) in [5, 5.41) is -3.52. The van der Waals surface area contributed by atoms with Crippen LogP contribution in [0.25, 0.3) is 77.2 Å². The van der Waals surface area contributed by atoms with Gasteiger partial charge in [0.05, 0.1) is 42.5 Å². The summed E-state index contributed by atoms with van der Waals surface area (Å²) in [4.78, 5) is 0.0788. The minimum Gasteiger partial charge on any atom is -0.456 e. The predicted molar refractivity (Wildman–Crippen MR) is 252 cm³/mol. The molecule has 2 nitrogen and oxygen atoms in total. The van der Waals surface area contributed by atoms with Crippen LogP contribution in [0.2, 0.25) is 0 Å². The second-order valence-corrected chi connectivity index (χ2v) is 13.5. The first kappa shape index (κ1) is 12.4. The van der Waals surface area contributed by atoms with Crippen molar-refractivity contribution in [1.82, 2.24) is 0 Å². The molecule has 2 heteroatoms. The smallest absolute Gasteiger partial charge is 0.137 e. The maximum absolute atomic E-state index is 10.5. The van der Waals surface area contributed by atoms with Crippen LogP contribution in [0.3, 0.4) is 0 Å². The highest BCUT2D eigenvalue weighted by Crippen LogP contribution is 2.53. The predicted octanol–water partition coefficient (Wildman–Crippen LogP) is 16.2. The summed E-state index contributed by atoms with van der Waals surface area (Å²) in [6.07, 6.45) is 0. The van der Waals surface area contributed by atoms with E-state index in [1.165, 1.54) is 0 Å². The minimum atomic E-state index is -4.16. The second-order valence-electron chi connectivity index (χ2n) is 13.5. The first-order chi connectivity index (χ1) is 47.2. The molecule has 60 heavy (non-hydrogen) atoms. The lowest BCUT2D eigenvalue weighted by Gasteiger charge is -2.28. The van der Waals surface area contributed by atoms with E-state index in [-0.39, 0.29) is 4.90 Å². The van der Waals surface area contributed by atoms with E-state index in [0.29, 0.717) is 0 Å². The standard InChI is InChI=1S/C58H43NO/c1-57(2)51-22-11-8-19-45(51)49-33-38(25-31-52(49)57)56-42-17-6-5-14-36(42)24-28-43(56)37-15-13-16-39(32-37)59(41-27-30-48-47-20-9-12-23-54(47)60-55(48)35-41)40-26-29-46-44-18-7-10-21-50(44)58(3,4)53(46)34-40/h5-35H,1-4H3/i1D3,2D3,3D3,4D3,5D,6D,7D,8D,9D,10D,11D,12D,13D,14D,15D,16D,17D,18D,19D,20D,21D,22D,23D,24D,25D,26D,27D,28D,29D,30D,31D,32D,33D,34D,35D. The SMILES string of the molecule is [2H]c1c([2H])c([2H])c2c(c1[2H])-c1c([2H])c(-c3c(-c4c([2H])c([2H])c([2H])c(N(c5c([2H])c([2H])c6c(c5[2H])C(C([2H])([2H])[2H])(C([2H])([2H])[2H])c5c([2H])c([2H])c([2H])c([2H])c5-6)c5c([2H])c([2H])c6c(oc7c([2H])c([2H])c([2H])c([2H])c76)c5[2H])c4[2H])c([2H])c([2H])c4c([2H])c([2H])c([2H])c([2H])c34)c([2H])c([2H])c1C2(C([2H])([2H])[2H])C([2H])([2H])[2H]. The van der Waals surface area contributed by atoms with Gasteiger partial charge in [0.1, 0.15) is 11.2 Å². The number of benzene rings is 9. The van der Waals surface area contributed by atoms with Crippen LogP contribution in [-0.2, 0) is 10.8 Å². The van der Waals surface area contributed by atoms with E-state index in [4.69, 9.17) is 40.1 Å². The van der Waals surface area contributed by atoms with Crippen LogP contribution in [-0.4, -0.2) is 0 Å². The Balaban J connectivity index is 1.36. The molecule has 0 spiro atoms. The number of fused-ring (bicyclic) bond motifs is 10. The van der Waals surface area contributed by atoms with Gasteiger partial charge in [-0.15, -0.1) is 0 Å². The summed E-state index contributed by atoms with van der Waals surface area (Å²) >= 11 is 0. The van der Waals surface area contributed by atoms with Crippen molar-refractivity contribution in [1.29, 1.82) is 0 Å². The summed E-state index contributed by atoms with van der Waals surface area (Å²) < 4.78 is 404. The molecule has 0 N–H and O–H groups in total. The maximum Gasteiger partial charge on any atom is 0.137 e. The number of hydrogen-bond acceptors (Lipinski definition) is 2. The number of hydrogen-bond donors (Lipinski definition) is 0. The molecule has 2 aliphatic rings. The lowest BCUT2D eigenvalue weighted by Crippen LogP contribution is -2.16. The molecule has 0 amide bonds. The molecule has 286 valence electrons. The summed E-state index contributed by atoms with van der Waals surface area (Å²) in [5.74, 6) is 0. The Bertz CT molecular complexity index is 5630. The largest absolute Gasteiger partial charge is 0.456 e. The van der Waals surface area contributed by atoms with Crippen molar-refractivity contribution >= 4 is 49.8 Å². The van der Waals surface area contributed by atoms with Gasteiger partial charge in [-0.2, -0.15) is 0 Å². The number of para-hydroxylation sites is 1. The van der Waals surface area contributed by atoms with Gasteiger partial charge in [-0.05, 0) is 126 Å².